The smallest absolute Gasteiger partial charge is 0.140 e. The molecule has 0 bridgehead atoms. The molecule has 2 fully saturated rings. The number of hydrogen-bond acceptors (Lipinski definition) is 4. The topological polar surface area (TPSA) is 60.2 Å². The zero-order chi connectivity index (χ0) is 12.7. The number of hydrogen-bond donors (Lipinski definition) is 2. The molecule has 1 saturated carbocycles. The Labute approximate surface area is 119 Å². The van der Waals surface area contributed by atoms with Crippen molar-refractivity contribution in [3.8, 4) is 0 Å². The molecule has 3 N–H and O–H groups in total. The van der Waals surface area contributed by atoms with Gasteiger partial charge in [0.25, 0.3) is 0 Å². The van der Waals surface area contributed by atoms with Gasteiger partial charge in [-0.25, -0.2) is 4.98 Å². The molecule has 6 heteroatoms. The standard InChI is InChI=1S/C12H15BrClN3O/c13-8-4-6(14)5-16-12(8)17-10-9(15)7-2-1-3-18-11(7)10/h4-5,7,9-11H,1-3,15H2,(H,16,17). The molecule has 2 aliphatic rings. The van der Waals surface area contributed by atoms with E-state index in [9.17, 15) is 0 Å². The van der Waals surface area contributed by atoms with E-state index in [4.69, 9.17) is 22.1 Å². The van der Waals surface area contributed by atoms with Gasteiger partial charge < -0.3 is 15.8 Å². The highest BCUT2D eigenvalue weighted by Crippen LogP contribution is 2.39. The second-order valence-corrected chi connectivity index (χ2v) is 6.16. The number of pyridine rings is 1. The van der Waals surface area contributed by atoms with Crippen LogP contribution < -0.4 is 11.1 Å². The van der Waals surface area contributed by atoms with Crippen LogP contribution in [-0.2, 0) is 4.74 Å². The molecule has 1 aliphatic heterocycles. The number of fused-ring (bicyclic) bond motifs is 1. The number of rotatable bonds is 2. The van der Waals surface area contributed by atoms with Gasteiger partial charge in [-0.2, -0.15) is 0 Å². The number of nitrogens with zero attached hydrogens (tertiary/aromatic N) is 1. The third kappa shape index (κ3) is 2.13. The minimum absolute atomic E-state index is 0.139. The van der Waals surface area contributed by atoms with E-state index in [-0.39, 0.29) is 18.2 Å². The Morgan fingerprint density at radius 3 is 3.17 bits per heavy atom. The lowest BCUT2D eigenvalue weighted by Crippen LogP contribution is -2.69. The molecule has 1 aromatic heterocycles. The average Bonchev–Trinajstić information content (AvgIpc) is 2.37. The number of nitrogens with two attached hydrogens (primary N) is 1. The highest BCUT2D eigenvalue weighted by molar-refractivity contribution is 9.10. The van der Waals surface area contributed by atoms with Crippen molar-refractivity contribution in [2.45, 2.75) is 31.0 Å². The number of nitrogens with one attached hydrogen (secondary N) is 1. The highest BCUT2D eigenvalue weighted by atomic mass is 79.9. The number of aromatic nitrogens is 1. The first kappa shape index (κ1) is 12.7. The van der Waals surface area contributed by atoms with E-state index in [1.807, 2.05) is 6.07 Å². The van der Waals surface area contributed by atoms with E-state index < -0.39 is 0 Å². The first-order valence-electron chi connectivity index (χ1n) is 6.11. The predicted molar refractivity (Wildman–Crippen MR) is 74.8 cm³/mol. The molecule has 1 aliphatic carbocycles. The second-order valence-electron chi connectivity index (χ2n) is 4.87. The second kappa shape index (κ2) is 4.96. The summed E-state index contributed by atoms with van der Waals surface area (Å²) in [6, 6.07) is 2.10. The summed E-state index contributed by atoms with van der Waals surface area (Å²) < 4.78 is 6.63. The van der Waals surface area contributed by atoms with Crippen molar-refractivity contribution in [3.05, 3.63) is 21.8 Å². The Hall–Kier alpha value is -0.360. The van der Waals surface area contributed by atoms with Gasteiger partial charge in [-0.1, -0.05) is 11.6 Å². The van der Waals surface area contributed by atoms with Crippen LogP contribution in [0.4, 0.5) is 5.82 Å². The van der Waals surface area contributed by atoms with Crippen LogP contribution in [0.1, 0.15) is 12.8 Å². The van der Waals surface area contributed by atoms with E-state index in [1.54, 1.807) is 6.20 Å². The zero-order valence-corrected chi connectivity index (χ0v) is 12.1. The molecular weight excluding hydrogens is 318 g/mol. The summed E-state index contributed by atoms with van der Waals surface area (Å²) in [6.45, 7) is 0.835. The maximum atomic E-state index is 6.19. The molecule has 1 saturated heterocycles. The maximum Gasteiger partial charge on any atom is 0.140 e. The van der Waals surface area contributed by atoms with Crippen molar-refractivity contribution in [2.75, 3.05) is 11.9 Å². The summed E-state index contributed by atoms with van der Waals surface area (Å²) in [4.78, 5) is 4.27. The van der Waals surface area contributed by atoms with Gasteiger partial charge in [-0.3, -0.25) is 0 Å². The first-order chi connectivity index (χ1) is 8.66. The molecule has 1 aromatic rings. The summed E-state index contributed by atoms with van der Waals surface area (Å²) in [6.07, 6.45) is 4.13. The lowest BCUT2D eigenvalue weighted by atomic mass is 9.68. The summed E-state index contributed by atoms with van der Waals surface area (Å²) >= 11 is 9.32. The van der Waals surface area contributed by atoms with Crippen molar-refractivity contribution in [2.24, 2.45) is 11.7 Å². The molecule has 18 heavy (non-hydrogen) atoms. The Morgan fingerprint density at radius 1 is 1.56 bits per heavy atom. The summed E-state index contributed by atoms with van der Waals surface area (Å²) in [7, 11) is 0. The van der Waals surface area contributed by atoms with Crippen LogP contribution in [0.5, 0.6) is 0 Å². The SMILES string of the molecule is NC1C2CCCOC2C1Nc1ncc(Cl)cc1Br. The molecule has 0 aromatic carbocycles. The number of ether oxygens (including phenoxy) is 1. The van der Waals surface area contributed by atoms with Gasteiger partial charge in [-0.15, -0.1) is 0 Å². The molecule has 3 rings (SSSR count). The zero-order valence-electron chi connectivity index (χ0n) is 9.77. The summed E-state index contributed by atoms with van der Waals surface area (Å²) in [5, 5.41) is 3.96. The fourth-order valence-electron chi connectivity index (χ4n) is 2.80. The fourth-order valence-corrected chi connectivity index (χ4v) is 3.56. The van der Waals surface area contributed by atoms with E-state index in [2.05, 4.69) is 26.2 Å². The van der Waals surface area contributed by atoms with Crippen LogP contribution in [0, 0.1) is 5.92 Å². The quantitative estimate of drug-likeness (QED) is 0.873. The predicted octanol–water partition coefficient (Wildman–Crippen LogP) is 2.41. The van der Waals surface area contributed by atoms with Gasteiger partial charge in [-0.05, 0) is 34.8 Å². The first-order valence-corrected chi connectivity index (χ1v) is 7.28. The molecule has 2 heterocycles. The fraction of sp³-hybridized carbons (Fsp3) is 0.583. The average molecular weight is 333 g/mol. The van der Waals surface area contributed by atoms with Gasteiger partial charge in [0, 0.05) is 24.8 Å². The van der Waals surface area contributed by atoms with Crippen LogP contribution >= 0.6 is 27.5 Å². The van der Waals surface area contributed by atoms with Crippen molar-refractivity contribution in [3.63, 3.8) is 0 Å². The minimum Gasteiger partial charge on any atom is -0.376 e. The van der Waals surface area contributed by atoms with Crippen molar-refractivity contribution in [1.82, 2.24) is 4.98 Å². The van der Waals surface area contributed by atoms with Crippen molar-refractivity contribution in [1.29, 1.82) is 0 Å². The molecule has 4 atom stereocenters. The van der Waals surface area contributed by atoms with Crippen LogP contribution in [0.3, 0.4) is 0 Å². The van der Waals surface area contributed by atoms with Crippen LogP contribution in [-0.4, -0.2) is 29.8 Å². The summed E-state index contributed by atoms with van der Waals surface area (Å²) in [5.74, 6) is 1.26. The third-order valence-electron chi connectivity index (χ3n) is 3.79. The molecule has 0 radical (unpaired) electrons. The summed E-state index contributed by atoms with van der Waals surface area (Å²) in [5.41, 5.74) is 6.19. The van der Waals surface area contributed by atoms with Gasteiger partial charge in [0.2, 0.25) is 0 Å². The van der Waals surface area contributed by atoms with Crippen molar-refractivity contribution >= 4 is 33.3 Å². The van der Waals surface area contributed by atoms with E-state index in [0.29, 0.717) is 10.9 Å². The number of halogens is 2. The highest BCUT2D eigenvalue weighted by Gasteiger charge is 2.50. The largest absolute Gasteiger partial charge is 0.376 e. The lowest BCUT2D eigenvalue weighted by Gasteiger charge is -2.52. The molecule has 98 valence electrons. The molecule has 4 nitrogen and oxygen atoms in total. The Morgan fingerprint density at radius 2 is 2.39 bits per heavy atom. The van der Waals surface area contributed by atoms with Gasteiger partial charge >= 0.3 is 0 Å². The molecule has 4 unspecified atom stereocenters. The lowest BCUT2D eigenvalue weighted by molar-refractivity contribution is -0.104. The van der Waals surface area contributed by atoms with Crippen LogP contribution in [0.15, 0.2) is 16.7 Å². The minimum atomic E-state index is 0.139. The van der Waals surface area contributed by atoms with Crippen molar-refractivity contribution < 1.29 is 4.74 Å². The molecular formula is C12H15BrClN3O. The van der Waals surface area contributed by atoms with E-state index in [1.165, 1.54) is 6.42 Å². The molecule has 0 amide bonds. The van der Waals surface area contributed by atoms with Crippen LogP contribution in [0.2, 0.25) is 5.02 Å². The monoisotopic (exact) mass is 331 g/mol. The Balaban J connectivity index is 1.73. The third-order valence-corrected chi connectivity index (χ3v) is 4.60. The Bertz CT molecular complexity index is 459. The van der Waals surface area contributed by atoms with Crippen LogP contribution in [0.25, 0.3) is 0 Å². The normalized spacial score (nSPS) is 34.6. The van der Waals surface area contributed by atoms with Gasteiger partial charge in [0.1, 0.15) is 5.82 Å². The molecule has 0 spiro atoms. The van der Waals surface area contributed by atoms with Gasteiger partial charge in [0.15, 0.2) is 0 Å². The maximum absolute atomic E-state index is 6.19. The Kier molecular flexibility index (Phi) is 3.49. The van der Waals surface area contributed by atoms with E-state index in [0.717, 1.165) is 23.3 Å². The number of anilines is 1. The van der Waals surface area contributed by atoms with E-state index >= 15 is 0 Å². The van der Waals surface area contributed by atoms with Gasteiger partial charge in [0.05, 0.1) is 21.6 Å².